The summed E-state index contributed by atoms with van der Waals surface area (Å²) in [5.74, 6) is -3.66. The zero-order chi connectivity index (χ0) is 27.5. The van der Waals surface area contributed by atoms with Crippen molar-refractivity contribution in [3.05, 3.63) is 57.4 Å². The lowest BCUT2D eigenvalue weighted by Crippen LogP contribution is -2.35. The molecule has 2 rings (SSSR count). The van der Waals surface area contributed by atoms with Gasteiger partial charge < -0.3 is 35.7 Å². The van der Waals surface area contributed by atoms with Crippen molar-refractivity contribution in [2.75, 3.05) is 33.5 Å². The van der Waals surface area contributed by atoms with Crippen LogP contribution in [0.25, 0.3) is 0 Å². The van der Waals surface area contributed by atoms with Gasteiger partial charge in [-0.1, -0.05) is 29.8 Å². The van der Waals surface area contributed by atoms with Gasteiger partial charge in [-0.05, 0) is 31.9 Å². The number of carboxylic acids is 1. The fourth-order valence-electron chi connectivity index (χ4n) is 3.80. The van der Waals surface area contributed by atoms with Crippen LogP contribution in [0.1, 0.15) is 38.2 Å². The molecule has 0 aliphatic carbocycles. The Balaban J connectivity index is 2.22. The summed E-state index contributed by atoms with van der Waals surface area (Å²) < 4.78 is 16.0. The summed E-state index contributed by atoms with van der Waals surface area (Å²) in [7, 11) is 1.25. The number of hydrogen-bond acceptors (Lipinski definition) is 9. The van der Waals surface area contributed by atoms with Crippen molar-refractivity contribution in [1.29, 1.82) is 0 Å². The van der Waals surface area contributed by atoms with E-state index >= 15 is 0 Å². The zero-order valence-corrected chi connectivity index (χ0v) is 21.7. The number of aliphatic carboxylic acids is 1. The van der Waals surface area contributed by atoms with Crippen LogP contribution in [-0.2, 0) is 33.4 Å². The van der Waals surface area contributed by atoms with E-state index in [0.29, 0.717) is 22.0 Å². The summed E-state index contributed by atoms with van der Waals surface area (Å²) in [4.78, 5) is 48.5. The topological polar surface area (TPSA) is 166 Å². The summed E-state index contributed by atoms with van der Waals surface area (Å²) >= 11 is 6.47. The first-order valence-electron chi connectivity index (χ1n) is 11.7. The van der Waals surface area contributed by atoms with Gasteiger partial charge in [0.15, 0.2) is 0 Å². The first-order chi connectivity index (χ1) is 17.6. The normalized spacial score (nSPS) is 16.1. The molecule has 2 unspecified atom stereocenters. The lowest BCUT2D eigenvalue weighted by molar-refractivity contribution is -0.140. The number of carbonyl (C=O) groups is 4. The van der Waals surface area contributed by atoms with Crippen LogP contribution in [0.15, 0.2) is 46.8 Å². The van der Waals surface area contributed by atoms with Crippen LogP contribution in [-0.4, -0.2) is 68.4 Å². The Labute approximate surface area is 220 Å². The molecule has 2 atom stereocenters. The number of ether oxygens (including phenoxy) is 3. The predicted molar refractivity (Wildman–Crippen MR) is 134 cm³/mol. The molecular formula is C25H32ClN3O8. The highest BCUT2D eigenvalue weighted by molar-refractivity contribution is 6.31. The van der Waals surface area contributed by atoms with E-state index in [2.05, 4.69) is 10.6 Å². The maximum atomic E-state index is 13.1. The molecule has 1 aliphatic rings. The summed E-state index contributed by atoms with van der Waals surface area (Å²) in [6, 6.07) is 5.76. The summed E-state index contributed by atoms with van der Waals surface area (Å²) in [5.41, 5.74) is 7.15. The highest BCUT2D eigenvalue weighted by Gasteiger charge is 2.39. The number of nitrogens with one attached hydrogen (secondary N) is 2. The van der Waals surface area contributed by atoms with Crippen LogP contribution < -0.4 is 16.4 Å². The maximum absolute atomic E-state index is 13.1. The van der Waals surface area contributed by atoms with Crippen molar-refractivity contribution >= 4 is 35.4 Å². The Morgan fingerprint density at radius 2 is 1.89 bits per heavy atom. The zero-order valence-electron chi connectivity index (χ0n) is 21.0. The molecule has 0 bridgehead atoms. The van der Waals surface area contributed by atoms with E-state index in [1.54, 1.807) is 38.1 Å². The average Bonchev–Trinajstić information content (AvgIpc) is 2.86. The number of halogens is 1. The molecule has 1 aromatic carbocycles. The van der Waals surface area contributed by atoms with Gasteiger partial charge in [-0.3, -0.25) is 9.59 Å². The minimum atomic E-state index is -1.17. The van der Waals surface area contributed by atoms with Crippen molar-refractivity contribution in [2.24, 2.45) is 5.73 Å². The van der Waals surface area contributed by atoms with E-state index < -0.39 is 29.9 Å². The summed E-state index contributed by atoms with van der Waals surface area (Å²) in [5, 5.41) is 14.8. The van der Waals surface area contributed by atoms with Crippen LogP contribution in [0.3, 0.4) is 0 Å². The molecule has 1 amide bonds. The van der Waals surface area contributed by atoms with E-state index in [0.717, 1.165) is 0 Å². The van der Waals surface area contributed by atoms with Gasteiger partial charge in [-0.15, -0.1) is 0 Å². The quantitative estimate of drug-likeness (QED) is 0.214. The molecule has 0 radical (unpaired) electrons. The lowest BCUT2D eigenvalue weighted by Gasteiger charge is -2.31. The number of methoxy groups -OCH3 is 1. The number of esters is 2. The van der Waals surface area contributed by atoms with Gasteiger partial charge in [-0.2, -0.15) is 0 Å². The van der Waals surface area contributed by atoms with Gasteiger partial charge in [0, 0.05) is 23.7 Å². The van der Waals surface area contributed by atoms with Crippen molar-refractivity contribution in [3.8, 4) is 0 Å². The molecule has 0 saturated heterocycles. The third kappa shape index (κ3) is 8.04. The molecule has 202 valence electrons. The number of carbonyl (C=O) groups excluding carboxylic acids is 3. The number of dihydropyridines is 1. The number of benzene rings is 1. The van der Waals surface area contributed by atoms with Crippen molar-refractivity contribution < 1.29 is 38.5 Å². The second-order valence-electron chi connectivity index (χ2n) is 8.11. The van der Waals surface area contributed by atoms with Crippen LogP contribution in [0.2, 0.25) is 5.02 Å². The average molecular weight is 538 g/mol. The Morgan fingerprint density at radius 1 is 1.19 bits per heavy atom. The number of allylic oxidation sites excluding steroid dienone is 1. The maximum Gasteiger partial charge on any atom is 0.336 e. The molecule has 0 fully saturated rings. The molecule has 1 aromatic rings. The van der Waals surface area contributed by atoms with Crippen molar-refractivity contribution in [2.45, 2.75) is 38.6 Å². The molecule has 37 heavy (non-hydrogen) atoms. The van der Waals surface area contributed by atoms with Crippen molar-refractivity contribution in [3.63, 3.8) is 0 Å². The second-order valence-corrected chi connectivity index (χ2v) is 8.52. The van der Waals surface area contributed by atoms with Crippen LogP contribution in [0, 0.1) is 0 Å². The van der Waals surface area contributed by atoms with E-state index in [1.165, 1.54) is 7.11 Å². The summed E-state index contributed by atoms with van der Waals surface area (Å²) in [6.07, 6.45) is -0.0215. The molecule has 0 saturated carbocycles. The molecule has 0 spiro atoms. The number of amides is 1. The van der Waals surface area contributed by atoms with E-state index in [4.69, 9.17) is 36.7 Å². The molecule has 1 heterocycles. The Morgan fingerprint density at radius 3 is 2.51 bits per heavy atom. The largest absolute Gasteiger partial charge is 0.480 e. The van der Waals surface area contributed by atoms with Gasteiger partial charge in [0.05, 0.1) is 49.7 Å². The summed E-state index contributed by atoms with van der Waals surface area (Å²) in [6.45, 7) is 3.66. The standard InChI is InChI=1S/C25H32ClN3O8/c1-4-37-25(34)22-18(13-36-12-11-28-19(30)10-9-17(27)23(31)32)29-14(2)20(24(33)35-3)21(22)15-7-5-6-8-16(15)26/h5-8,17,21,29H,4,9-13,27H2,1-3H3,(H,28,30)(H,31,32). The fraction of sp³-hybridized carbons (Fsp3) is 0.440. The Bertz CT molecular complexity index is 1090. The fourth-order valence-corrected chi connectivity index (χ4v) is 4.04. The monoisotopic (exact) mass is 537 g/mol. The smallest absolute Gasteiger partial charge is 0.336 e. The Hall–Kier alpha value is -3.41. The van der Waals surface area contributed by atoms with Gasteiger partial charge in [0.2, 0.25) is 5.91 Å². The number of hydrogen-bond donors (Lipinski definition) is 4. The molecule has 12 heteroatoms. The van der Waals surface area contributed by atoms with E-state index in [9.17, 15) is 19.2 Å². The predicted octanol–water partition coefficient (Wildman–Crippen LogP) is 1.62. The third-order valence-corrected chi connectivity index (χ3v) is 5.92. The van der Waals surface area contributed by atoms with E-state index in [-0.39, 0.29) is 56.3 Å². The lowest BCUT2D eigenvalue weighted by atomic mass is 9.80. The molecule has 11 nitrogen and oxygen atoms in total. The van der Waals surface area contributed by atoms with Gasteiger partial charge in [0.1, 0.15) is 6.04 Å². The molecule has 0 aromatic heterocycles. The minimum Gasteiger partial charge on any atom is -0.480 e. The van der Waals surface area contributed by atoms with Crippen LogP contribution in [0.4, 0.5) is 0 Å². The van der Waals surface area contributed by atoms with Gasteiger partial charge in [0.25, 0.3) is 0 Å². The molecule has 5 N–H and O–H groups in total. The van der Waals surface area contributed by atoms with Crippen LogP contribution in [0.5, 0.6) is 0 Å². The van der Waals surface area contributed by atoms with Crippen molar-refractivity contribution in [1.82, 2.24) is 10.6 Å². The van der Waals surface area contributed by atoms with Gasteiger partial charge >= 0.3 is 17.9 Å². The third-order valence-electron chi connectivity index (χ3n) is 5.58. The second kappa shape index (κ2) is 14.4. The number of carboxylic acid groups (broad SMARTS) is 1. The molecule has 1 aliphatic heterocycles. The highest BCUT2D eigenvalue weighted by atomic mass is 35.5. The first kappa shape index (κ1) is 29.8. The van der Waals surface area contributed by atoms with Crippen LogP contribution >= 0.6 is 11.6 Å². The first-order valence-corrected chi connectivity index (χ1v) is 12.0. The SMILES string of the molecule is CCOC(=O)C1=C(COCCNC(=O)CCC(N)C(=O)O)NC(C)=C(C(=O)OC)C1c1ccccc1Cl. The van der Waals surface area contributed by atoms with Gasteiger partial charge in [-0.25, -0.2) is 9.59 Å². The number of rotatable bonds is 13. The molecular weight excluding hydrogens is 506 g/mol. The minimum absolute atomic E-state index is 0.0132. The highest BCUT2D eigenvalue weighted by Crippen LogP contribution is 2.41. The van der Waals surface area contributed by atoms with E-state index in [1.807, 2.05) is 0 Å². The Kier molecular flexibility index (Phi) is 11.6. The number of nitrogens with two attached hydrogens (primary N) is 1.